The second kappa shape index (κ2) is 12.3. The zero-order valence-electron chi connectivity index (χ0n) is 24.7. The molecule has 3 amide bonds. The van der Waals surface area contributed by atoms with Gasteiger partial charge in [0.1, 0.15) is 5.82 Å². The van der Waals surface area contributed by atoms with Gasteiger partial charge in [-0.05, 0) is 68.3 Å². The fourth-order valence-electron chi connectivity index (χ4n) is 5.58. The molecule has 1 aromatic heterocycles. The molecule has 1 unspecified atom stereocenters. The number of urea groups is 1. The third kappa shape index (κ3) is 6.46. The normalized spacial score (nSPS) is 15.8. The van der Waals surface area contributed by atoms with Crippen molar-refractivity contribution in [2.75, 3.05) is 41.4 Å². The minimum Gasteiger partial charge on any atom is -0.404 e. The molecule has 3 aromatic carbocycles. The first-order chi connectivity index (χ1) is 22.0. The van der Waals surface area contributed by atoms with Crippen LogP contribution in [0.15, 0.2) is 77.6 Å². The lowest BCUT2D eigenvalue weighted by molar-refractivity contribution is -0.274. The molecule has 2 heterocycles. The summed E-state index contributed by atoms with van der Waals surface area (Å²) in [4.78, 5) is 48.3. The van der Waals surface area contributed by atoms with Crippen molar-refractivity contribution < 1.29 is 33.3 Å². The lowest BCUT2D eigenvalue weighted by Crippen LogP contribution is -2.57. The Hall–Kier alpha value is -5.14. The van der Waals surface area contributed by atoms with Crippen molar-refractivity contribution in [3.8, 4) is 5.75 Å². The van der Waals surface area contributed by atoms with Crippen molar-refractivity contribution in [2.45, 2.75) is 32.2 Å². The Morgan fingerprint density at radius 3 is 2.30 bits per heavy atom. The maximum Gasteiger partial charge on any atom is 0.573 e. The smallest absolute Gasteiger partial charge is 0.404 e. The van der Waals surface area contributed by atoms with E-state index < -0.39 is 35.6 Å². The van der Waals surface area contributed by atoms with E-state index in [1.165, 1.54) is 41.9 Å². The highest BCUT2D eigenvalue weighted by molar-refractivity contribution is 6.03. The molecular formula is C32H32F4N6O4. The number of nitrogens with zero attached hydrogens (tertiary/aromatic N) is 5. The molecule has 14 heteroatoms. The predicted molar refractivity (Wildman–Crippen MR) is 165 cm³/mol. The number of fused-ring (bicyclic) bond motifs is 1. The summed E-state index contributed by atoms with van der Waals surface area (Å²) in [5.74, 6) is -1.00. The maximum absolute atomic E-state index is 14.1. The van der Waals surface area contributed by atoms with Crippen LogP contribution in [0, 0.1) is 11.7 Å². The van der Waals surface area contributed by atoms with Crippen molar-refractivity contribution >= 4 is 34.2 Å². The van der Waals surface area contributed by atoms with E-state index in [-0.39, 0.29) is 43.5 Å². The van der Waals surface area contributed by atoms with Crippen LogP contribution in [0.4, 0.5) is 33.7 Å². The van der Waals surface area contributed by atoms with Crippen molar-refractivity contribution in [3.05, 3.63) is 94.8 Å². The molecule has 0 spiro atoms. The Balaban J connectivity index is 0.00000433. The fourth-order valence-corrected chi connectivity index (χ4v) is 5.58. The summed E-state index contributed by atoms with van der Waals surface area (Å²) in [5, 5.41) is 4.64. The number of nitrogens with one attached hydrogen (secondary N) is 1. The number of aromatic nitrogens is 2. The quantitative estimate of drug-likeness (QED) is 0.262. The number of hydrogen-bond acceptors (Lipinski definition) is 6. The van der Waals surface area contributed by atoms with Gasteiger partial charge in [0.2, 0.25) is 5.91 Å². The summed E-state index contributed by atoms with van der Waals surface area (Å²) < 4.78 is 59.7. The van der Waals surface area contributed by atoms with Gasteiger partial charge in [-0.15, -0.1) is 13.2 Å². The van der Waals surface area contributed by atoms with Crippen molar-refractivity contribution in [3.63, 3.8) is 0 Å². The lowest BCUT2D eigenvalue weighted by Gasteiger charge is -2.39. The number of carbonyl (C=O) groups excluding carboxylic acids is 2. The number of amides is 3. The summed E-state index contributed by atoms with van der Waals surface area (Å²) in [7, 11) is 0. The molecular weight excluding hydrogens is 608 g/mol. The van der Waals surface area contributed by atoms with Crippen LogP contribution in [0.1, 0.15) is 33.1 Å². The summed E-state index contributed by atoms with van der Waals surface area (Å²) in [5.41, 5.74) is -0.182. The summed E-state index contributed by atoms with van der Waals surface area (Å²) in [6.07, 6.45) is -3.34. The minimum atomic E-state index is -5.07. The molecule has 2 aliphatic rings. The SMILES string of the molecule is CC(c1nc2ccccc2c(=O)n1N1CCN(C(=O)C2CC2)CC1)N(C(=O)Nc1ccc(F)cc1)c1ccccc1OC(F)(F)F.[HH]. The maximum atomic E-state index is 14.1. The Bertz CT molecular complexity index is 1830. The number of carbonyl (C=O) groups is 2. The molecule has 6 rings (SSSR count). The van der Waals surface area contributed by atoms with Crippen LogP contribution in [0.5, 0.6) is 5.75 Å². The fraction of sp³-hybridized carbons (Fsp3) is 0.312. The van der Waals surface area contributed by atoms with Crippen LogP contribution >= 0.6 is 0 Å². The van der Waals surface area contributed by atoms with E-state index in [0.29, 0.717) is 24.0 Å². The van der Waals surface area contributed by atoms with Gasteiger partial charge in [0.25, 0.3) is 5.56 Å². The number of anilines is 2. The summed E-state index contributed by atoms with van der Waals surface area (Å²) in [6, 6.07) is 14.6. The molecule has 242 valence electrons. The Kier molecular flexibility index (Phi) is 8.28. The van der Waals surface area contributed by atoms with E-state index in [0.717, 1.165) is 35.9 Å². The highest BCUT2D eigenvalue weighted by atomic mass is 19.4. The highest BCUT2D eigenvalue weighted by Crippen LogP contribution is 2.38. The third-order valence-corrected chi connectivity index (χ3v) is 7.98. The molecule has 0 radical (unpaired) electrons. The highest BCUT2D eigenvalue weighted by Gasteiger charge is 2.38. The van der Waals surface area contributed by atoms with Gasteiger partial charge < -0.3 is 20.0 Å². The van der Waals surface area contributed by atoms with Crippen molar-refractivity contribution in [1.29, 1.82) is 0 Å². The van der Waals surface area contributed by atoms with Crippen molar-refractivity contribution in [2.24, 2.45) is 5.92 Å². The molecule has 2 fully saturated rings. The number of rotatable bonds is 7. The van der Waals surface area contributed by atoms with Gasteiger partial charge in [-0.25, -0.2) is 18.8 Å². The zero-order chi connectivity index (χ0) is 32.6. The largest absolute Gasteiger partial charge is 0.573 e. The van der Waals surface area contributed by atoms with Crippen LogP contribution in [0.3, 0.4) is 0 Å². The van der Waals surface area contributed by atoms with Crippen molar-refractivity contribution in [1.82, 2.24) is 14.6 Å². The number of para-hydroxylation sites is 3. The first kappa shape index (κ1) is 30.9. The van der Waals surface area contributed by atoms with E-state index in [1.54, 1.807) is 34.2 Å². The second-order valence-electron chi connectivity index (χ2n) is 11.2. The molecule has 1 aliphatic carbocycles. The van der Waals surface area contributed by atoms with E-state index in [1.807, 2.05) is 0 Å². The average Bonchev–Trinajstić information content (AvgIpc) is 3.88. The number of hydrogen-bond donors (Lipinski definition) is 1. The van der Waals surface area contributed by atoms with E-state index >= 15 is 0 Å². The van der Waals surface area contributed by atoms with Crippen LogP contribution < -0.4 is 25.5 Å². The third-order valence-electron chi connectivity index (χ3n) is 7.98. The van der Waals surface area contributed by atoms with Gasteiger partial charge in [-0.1, -0.05) is 24.3 Å². The molecule has 4 aromatic rings. The van der Waals surface area contributed by atoms with Gasteiger partial charge in [0.05, 0.1) is 35.7 Å². The topological polar surface area (TPSA) is 100 Å². The van der Waals surface area contributed by atoms with Crippen LogP contribution in [0.25, 0.3) is 10.9 Å². The number of piperazine rings is 1. The standard InChI is InChI=1S/C32H30F4N6O4.H2/c1-20(41(31(45)37-23-14-12-22(33)13-15-23)26-8-4-5-9-27(26)46-32(34,35)36)28-38-25-7-3-2-6-24(25)30(44)42(28)40-18-16-39(17-19-40)29(43)21-10-11-21;/h2-9,12-15,20-21H,10-11,16-19H2,1H3,(H,37,45);1H. The Morgan fingerprint density at radius 2 is 1.63 bits per heavy atom. The molecule has 1 saturated heterocycles. The first-order valence-electron chi connectivity index (χ1n) is 14.8. The molecule has 1 N–H and O–H groups in total. The average molecular weight is 641 g/mol. The van der Waals surface area contributed by atoms with Gasteiger partial charge in [-0.3, -0.25) is 14.5 Å². The number of alkyl halides is 3. The Morgan fingerprint density at radius 1 is 0.978 bits per heavy atom. The summed E-state index contributed by atoms with van der Waals surface area (Å²) in [6.45, 7) is 2.83. The Labute approximate surface area is 262 Å². The molecule has 46 heavy (non-hydrogen) atoms. The molecule has 1 atom stereocenters. The molecule has 0 bridgehead atoms. The number of ether oxygens (including phenoxy) is 1. The number of benzene rings is 3. The second-order valence-corrected chi connectivity index (χ2v) is 11.2. The van der Waals surface area contributed by atoms with Gasteiger partial charge in [0, 0.05) is 26.1 Å². The van der Waals surface area contributed by atoms with Crippen LogP contribution in [-0.4, -0.2) is 59.0 Å². The monoisotopic (exact) mass is 640 g/mol. The molecule has 1 saturated carbocycles. The predicted octanol–water partition coefficient (Wildman–Crippen LogP) is 5.67. The minimum absolute atomic E-state index is 0. The van der Waals surface area contributed by atoms with E-state index in [4.69, 9.17) is 4.98 Å². The first-order valence-corrected chi connectivity index (χ1v) is 14.8. The molecule has 1 aliphatic heterocycles. The molecule has 10 nitrogen and oxygen atoms in total. The van der Waals surface area contributed by atoms with Gasteiger partial charge in [0.15, 0.2) is 11.6 Å². The van der Waals surface area contributed by atoms with Crippen LogP contribution in [-0.2, 0) is 4.79 Å². The van der Waals surface area contributed by atoms with E-state index in [2.05, 4.69) is 10.1 Å². The lowest BCUT2D eigenvalue weighted by atomic mass is 10.1. The van der Waals surface area contributed by atoms with Gasteiger partial charge in [-0.2, -0.15) is 0 Å². The van der Waals surface area contributed by atoms with Gasteiger partial charge >= 0.3 is 12.4 Å². The van der Waals surface area contributed by atoms with E-state index in [9.17, 15) is 31.9 Å². The van der Waals surface area contributed by atoms with Crippen LogP contribution in [0.2, 0.25) is 0 Å². The summed E-state index contributed by atoms with van der Waals surface area (Å²) >= 11 is 0. The zero-order valence-corrected chi connectivity index (χ0v) is 24.7. The number of halogens is 4.